The topological polar surface area (TPSA) is 117 Å². The van der Waals surface area contributed by atoms with Crippen molar-refractivity contribution in [1.82, 2.24) is 0 Å². The molecule has 0 radical (unpaired) electrons. The summed E-state index contributed by atoms with van der Waals surface area (Å²) in [4.78, 5) is 0. The first-order chi connectivity index (χ1) is 12.7. The second kappa shape index (κ2) is 10.4. The Balaban J connectivity index is 0.000000646. The molecule has 0 bridgehead atoms. The highest BCUT2D eigenvalue weighted by Crippen LogP contribution is 2.38. The van der Waals surface area contributed by atoms with Crippen LogP contribution in [0.2, 0.25) is 0 Å². The van der Waals surface area contributed by atoms with Crippen LogP contribution in [-0.2, 0) is 10.3 Å². The van der Waals surface area contributed by atoms with Crippen molar-refractivity contribution in [3.05, 3.63) is 47.5 Å². The molecule has 0 saturated carbocycles. The molecule has 0 aliphatic heterocycles. The molecule has 0 aliphatic carbocycles. The lowest BCUT2D eigenvalue weighted by Crippen LogP contribution is -2.08. The summed E-state index contributed by atoms with van der Waals surface area (Å²) in [5, 5.41) is 3.88. The summed E-state index contributed by atoms with van der Waals surface area (Å²) < 4.78 is 46.4. The molecule has 0 fully saturated rings. The molecule has 0 amide bonds. The molecule has 0 aliphatic rings. The maximum absolute atomic E-state index is 8.97. The smallest absolute Gasteiger partial charge is 0.330 e. The number of ether oxygens (including phenoxy) is 4. The van der Waals surface area contributed by atoms with Gasteiger partial charge in [-0.05, 0) is 35.4 Å². The van der Waals surface area contributed by atoms with Crippen LogP contribution in [-0.4, -0.2) is 41.4 Å². The van der Waals surface area contributed by atoms with Gasteiger partial charge in [0.2, 0.25) is 5.75 Å². The molecule has 0 unspecified atom stereocenters. The van der Waals surface area contributed by atoms with E-state index in [2.05, 4.69) is 5.14 Å². The van der Waals surface area contributed by atoms with Crippen molar-refractivity contribution in [1.29, 1.82) is 0 Å². The first-order valence-corrected chi connectivity index (χ1v) is 9.09. The Hall–Kier alpha value is -2.75. The van der Waals surface area contributed by atoms with Gasteiger partial charge in [-0.1, -0.05) is 24.3 Å². The number of rotatable bonds is 6. The van der Waals surface area contributed by atoms with Crippen molar-refractivity contribution in [2.45, 2.75) is 0 Å². The maximum Gasteiger partial charge on any atom is 0.330 e. The zero-order valence-electron chi connectivity index (χ0n) is 15.5. The van der Waals surface area contributed by atoms with Gasteiger partial charge in [-0.15, -0.1) is 0 Å². The number of methoxy groups -OCH3 is 4. The van der Waals surface area contributed by atoms with Crippen molar-refractivity contribution in [3.63, 3.8) is 0 Å². The Morgan fingerprint density at radius 2 is 1.26 bits per heavy atom. The van der Waals surface area contributed by atoms with Gasteiger partial charge in [-0.2, -0.15) is 8.42 Å². The lowest BCUT2D eigenvalue weighted by molar-refractivity contribution is 0.324. The molecular formula is C18H23NO7S. The largest absolute Gasteiger partial charge is 0.497 e. The van der Waals surface area contributed by atoms with Gasteiger partial charge >= 0.3 is 10.3 Å². The zero-order chi connectivity index (χ0) is 20.4. The van der Waals surface area contributed by atoms with E-state index < -0.39 is 10.3 Å². The predicted octanol–water partition coefficient (Wildman–Crippen LogP) is 2.64. The van der Waals surface area contributed by atoms with Crippen molar-refractivity contribution >= 4 is 22.5 Å². The van der Waals surface area contributed by atoms with Crippen LogP contribution in [0.5, 0.6) is 23.0 Å². The summed E-state index contributed by atoms with van der Waals surface area (Å²) >= 11 is 0. The Labute approximate surface area is 159 Å². The SMILES string of the molecule is COc1ccc(C=Cc2cc(OC)c(OC)c(OC)c2)cc1.NS(=O)(=O)O. The van der Waals surface area contributed by atoms with Crippen LogP contribution in [0.3, 0.4) is 0 Å². The van der Waals surface area contributed by atoms with Crippen molar-refractivity contribution < 1.29 is 31.9 Å². The summed E-state index contributed by atoms with van der Waals surface area (Å²) in [7, 11) is 2.29. The standard InChI is InChI=1S/C18H20O4.H3NO3S/c1-19-15-9-7-13(8-10-15)5-6-14-11-16(20-2)18(22-4)17(12-14)21-3;1-5(2,3)4/h5-12H,1-4H3;(H3,1,2,3,4). The van der Waals surface area contributed by atoms with Gasteiger partial charge in [0.1, 0.15) is 5.75 Å². The zero-order valence-corrected chi connectivity index (χ0v) is 16.3. The number of hydrogen-bond donors (Lipinski definition) is 2. The normalized spacial score (nSPS) is 10.7. The molecule has 2 aromatic carbocycles. The van der Waals surface area contributed by atoms with Gasteiger partial charge in [0.15, 0.2) is 11.5 Å². The van der Waals surface area contributed by atoms with E-state index in [0.29, 0.717) is 17.2 Å². The molecular weight excluding hydrogens is 374 g/mol. The quantitative estimate of drug-likeness (QED) is 0.568. The third-order valence-corrected chi connectivity index (χ3v) is 3.27. The first-order valence-electron chi connectivity index (χ1n) is 7.59. The fourth-order valence-corrected chi connectivity index (χ4v) is 2.11. The number of hydrogen-bond acceptors (Lipinski definition) is 6. The van der Waals surface area contributed by atoms with E-state index in [1.54, 1.807) is 28.4 Å². The minimum absolute atomic E-state index is 0.589. The number of benzene rings is 2. The van der Waals surface area contributed by atoms with Crippen LogP contribution in [0.25, 0.3) is 12.2 Å². The summed E-state index contributed by atoms with van der Waals surface area (Å²) in [6.45, 7) is 0. The monoisotopic (exact) mass is 397 g/mol. The molecule has 0 spiro atoms. The Morgan fingerprint density at radius 3 is 1.63 bits per heavy atom. The van der Waals surface area contributed by atoms with Crippen molar-refractivity contribution in [3.8, 4) is 23.0 Å². The fraction of sp³-hybridized carbons (Fsp3) is 0.222. The van der Waals surface area contributed by atoms with E-state index in [1.807, 2.05) is 48.6 Å². The lowest BCUT2D eigenvalue weighted by Gasteiger charge is -2.12. The highest BCUT2D eigenvalue weighted by Gasteiger charge is 2.11. The predicted molar refractivity (Wildman–Crippen MR) is 104 cm³/mol. The van der Waals surface area contributed by atoms with E-state index in [4.69, 9.17) is 31.9 Å². The van der Waals surface area contributed by atoms with E-state index in [-0.39, 0.29) is 0 Å². The molecule has 0 atom stereocenters. The molecule has 148 valence electrons. The molecule has 0 heterocycles. The Bertz CT molecular complexity index is 829. The highest BCUT2D eigenvalue weighted by atomic mass is 32.2. The third kappa shape index (κ3) is 7.99. The van der Waals surface area contributed by atoms with Crippen molar-refractivity contribution in [2.75, 3.05) is 28.4 Å². The molecule has 0 aromatic heterocycles. The lowest BCUT2D eigenvalue weighted by atomic mass is 10.1. The van der Waals surface area contributed by atoms with Crippen LogP contribution in [0.15, 0.2) is 36.4 Å². The third-order valence-electron chi connectivity index (χ3n) is 3.27. The van der Waals surface area contributed by atoms with Crippen LogP contribution in [0, 0.1) is 0 Å². The molecule has 9 heteroatoms. The van der Waals surface area contributed by atoms with E-state index >= 15 is 0 Å². The van der Waals surface area contributed by atoms with Crippen LogP contribution in [0.1, 0.15) is 11.1 Å². The van der Waals surface area contributed by atoms with E-state index in [1.165, 1.54) is 0 Å². The van der Waals surface area contributed by atoms with Gasteiger partial charge in [0.25, 0.3) is 0 Å². The second-order valence-corrected chi connectivity index (χ2v) is 6.11. The highest BCUT2D eigenvalue weighted by molar-refractivity contribution is 7.83. The molecule has 2 aromatic rings. The van der Waals surface area contributed by atoms with Gasteiger partial charge in [-0.25, -0.2) is 5.14 Å². The second-order valence-electron chi connectivity index (χ2n) is 5.08. The summed E-state index contributed by atoms with van der Waals surface area (Å²) in [6.07, 6.45) is 4.01. The van der Waals surface area contributed by atoms with Gasteiger partial charge in [0, 0.05) is 0 Å². The molecule has 27 heavy (non-hydrogen) atoms. The Morgan fingerprint density at radius 1 is 0.815 bits per heavy atom. The average molecular weight is 397 g/mol. The van der Waals surface area contributed by atoms with Gasteiger partial charge in [-0.3, -0.25) is 4.55 Å². The minimum atomic E-state index is -4.17. The molecule has 2 rings (SSSR count). The van der Waals surface area contributed by atoms with Gasteiger partial charge < -0.3 is 18.9 Å². The summed E-state index contributed by atoms with van der Waals surface area (Å²) in [5.74, 6) is 2.70. The van der Waals surface area contributed by atoms with Gasteiger partial charge in [0.05, 0.1) is 28.4 Å². The fourth-order valence-electron chi connectivity index (χ4n) is 2.11. The summed E-state index contributed by atoms with van der Waals surface area (Å²) in [6, 6.07) is 11.6. The molecule has 0 saturated heterocycles. The Kier molecular flexibility index (Phi) is 8.60. The molecule has 3 N–H and O–H groups in total. The minimum Gasteiger partial charge on any atom is -0.497 e. The average Bonchev–Trinajstić information content (AvgIpc) is 2.64. The maximum atomic E-state index is 8.97. The van der Waals surface area contributed by atoms with Crippen LogP contribution >= 0.6 is 0 Å². The molecule has 8 nitrogen and oxygen atoms in total. The first kappa shape index (κ1) is 22.3. The van der Waals surface area contributed by atoms with Crippen molar-refractivity contribution in [2.24, 2.45) is 5.14 Å². The number of nitrogens with two attached hydrogens (primary N) is 1. The van der Waals surface area contributed by atoms with E-state index in [9.17, 15) is 0 Å². The van der Waals surface area contributed by atoms with E-state index in [0.717, 1.165) is 16.9 Å². The van der Waals surface area contributed by atoms with Crippen LogP contribution < -0.4 is 24.1 Å². The van der Waals surface area contributed by atoms with Crippen LogP contribution in [0.4, 0.5) is 0 Å². The summed E-state index contributed by atoms with van der Waals surface area (Å²) in [5.41, 5.74) is 2.04.